The Labute approximate surface area is 309 Å². The van der Waals surface area contributed by atoms with Crippen LogP contribution in [0, 0.1) is 35.5 Å². The number of carbonyl (C=O) groups is 1. The van der Waals surface area contributed by atoms with E-state index in [4.69, 9.17) is 20.9 Å². The fourth-order valence-electron chi connectivity index (χ4n) is 9.49. The van der Waals surface area contributed by atoms with Gasteiger partial charge in [0, 0.05) is 42.9 Å². The zero-order chi connectivity index (χ0) is 36.8. The molecule has 7 unspecified atom stereocenters. The summed E-state index contributed by atoms with van der Waals surface area (Å²) in [6.07, 6.45) is 15.9. The maximum Gasteiger partial charge on any atom is 0.186 e. The molecule has 0 heterocycles. The number of phenolic OH excluding ortho intramolecular Hbond substituents is 2. The third kappa shape index (κ3) is 8.52. The van der Waals surface area contributed by atoms with Gasteiger partial charge in [-0.3, -0.25) is 4.79 Å². The molecule has 0 aromatic heterocycles. The lowest BCUT2D eigenvalue weighted by Crippen LogP contribution is -2.41. The average Bonchev–Trinajstić information content (AvgIpc) is 3.62. The topological polar surface area (TPSA) is 140 Å². The number of benzene rings is 2. The first-order chi connectivity index (χ1) is 25.2. The van der Waals surface area contributed by atoms with Crippen molar-refractivity contribution in [3.05, 3.63) is 76.4 Å². The number of ketones is 1. The van der Waals surface area contributed by atoms with E-state index in [1.54, 1.807) is 19.3 Å². The van der Waals surface area contributed by atoms with Crippen LogP contribution in [0.4, 0.5) is 0 Å². The van der Waals surface area contributed by atoms with Crippen molar-refractivity contribution in [2.75, 3.05) is 13.7 Å². The molecular formula is C44H57N3O5. The lowest BCUT2D eigenvalue weighted by atomic mass is 9.55. The number of ether oxygens (including phenoxy) is 2. The highest BCUT2D eigenvalue weighted by Gasteiger charge is 2.48. The van der Waals surface area contributed by atoms with E-state index in [2.05, 4.69) is 42.8 Å². The Morgan fingerprint density at radius 3 is 2.65 bits per heavy atom. The lowest BCUT2D eigenvalue weighted by molar-refractivity contribution is -0.114. The van der Waals surface area contributed by atoms with Gasteiger partial charge >= 0.3 is 0 Å². The monoisotopic (exact) mass is 707 g/mol. The summed E-state index contributed by atoms with van der Waals surface area (Å²) in [7, 11) is 1.75. The third-order valence-electron chi connectivity index (χ3n) is 11.7. The van der Waals surface area contributed by atoms with E-state index in [0.29, 0.717) is 44.0 Å². The molecule has 2 saturated carbocycles. The highest BCUT2D eigenvalue weighted by molar-refractivity contribution is 5.89. The van der Waals surface area contributed by atoms with E-state index in [0.717, 1.165) is 73.6 Å². The van der Waals surface area contributed by atoms with Gasteiger partial charge in [0.05, 0.1) is 18.8 Å². The molecule has 0 amide bonds. The molecule has 52 heavy (non-hydrogen) atoms. The van der Waals surface area contributed by atoms with Gasteiger partial charge in [-0.25, -0.2) is 4.99 Å². The van der Waals surface area contributed by atoms with Crippen molar-refractivity contribution in [2.45, 2.75) is 115 Å². The first-order valence-corrected chi connectivity index (χ1v) is 19.5. The third-order valence-corrected chi connectivity index (χ3v) is 11.7. The SMILES string of the molecule is CCCC=CC(=O)CCc1cc(OC2CCCC2)c(O)c2c1C#CCC(N=C(N)N)CC1C=C3C(c4cccc(O)c4)CC(C)CC3C2C1COC. The first-order valence-electron chi connectivity index (χ1n) is 19.5. The molecule has 6 rings (SSSR count). The minimum absolute atomic E-state index is 0.0108. The number of nitrogens with two attached hydrogens (primary N) is 2. The summed E-state index contributed by atoms with van der Waals surface area (Å²) in [5.41, 5.74) is 16.9. The molecule has 2 bridgehead atoms. The summed E-state index contributed by atoms with van der Waals surface area (Å²) in [4.78, 5) is 17.8. The molecule has 0 aliphatic heterocycles. The van der Waals surface area contributed by atoms with Crippen LogP contribution in [0.2, 0.25) is 0 Å². The Balaban J connectivity index is 1.58. The van der Waals surface area contributed by atoms with Gasteiger partial charge in [-0.15, -0.1) is 0 Å². The van der Waals surface area contributed by atoms with Crippen LogP contribution in [-0.2, 0) is 16.0 Å². The number of hydrogen-bond donors (Lipinski definition) is 4. The Kier molecular flexibility index (Phi) is 12.3. The van der Waals surface area contributed by atoms with Gasteiger partial charge in [0.15, 0.2) is 23.2 Å². The summed E-state index contributed by atoms with van der Waals surface area (Å²) < 4.78 is 12.7. The van der Waals surface area contributed by atoms with Crippen molar-refractivity contribution in [3.8, 4) is 29.1 Å². The molecule has 8 nitrogen and oxygen atoms in total. The number of carbonyl (C=O) groups excluding carboxylic acids is 1. The van der Waals surface area contributed by atoms with Gasteiger partial charge in [0.1, 0.15) is 5.75 Å². The zero-order valence-corrected chi connectivity index (χ0v) is 31.2. The summed E-state index contributed by atoms with van der Waals surface area (Å²) in [6, 6.07) is 9.37. The minimum atomic E-state index is -0.230. The molecule has 4 aliphatic rings. The Morgan fingerprint density at radius 1 is 1.12 bits per heavy atom. The number of methoxy groups -OCH3 is 1. The molecule has 4 aliphatic carbocycles. The number of aromatic hydroxyl groups is 2. The molecule has 278 valence electrons. The number of guanidine groups is 1. The number of nitrogens with zero attached hydrogens (tertiary/aromatic N) is 1. The Hall–Kier alpha value is -4.22. The van der Waals surface area contributed by atoms with Gasteiger partial charge in [0.2, 0.25) is 0 Å². The maximum atomic E-state index is 13.1. The average molecular weight is 708 g/mol. The number of aliphatic imine (C=N–C) groups is 1. The van der Waals surface area contributed by atoms with Crippen LogP contribution in [0.1, 0.15) is 119 Å². The Bertz CT molecular complexity index is 1740. The van der Waals surface area contributed by atoms with Crippen LogP contribution in [0.3, 0.4) is 0 Å². The smallest absolute Gasteiger partial charge is 0.186 e. The minimum Gasteiger partial charge on any atom is -0.508 e. The van der Waals surface area contributed by atoms with Crippen LogP contribution in [-0.4, -0.2) is 47.8 Å². The maximum absolute atomic E-state index is 13.1. The van der Waals surface area contributed by atoms with Crippen molar-refractivity contribution in [2.24, 2.45) is 40.1 Å². The molecular weight excluding hydrogens is 650 g/mol. The predicted molar refractivity (Wildman–Crippen MR) is 206 cm³/mol. The zero-order valence-electron chi connectivity index (χ0n) is 31.2. The molecule has 2 aromatic rings. The number of aryl methyl sites for hydroxylation is 1. The number of allylic oxidation sites excluding steroid dienone is 4. The molecule has 6 N–H and O–H groups in total. The molecule has 8 heteroatoms. The van der Waals surface area contributed by atoms with Gasteiger partial charge in [-0.1, -0.05) is 62.0 Å². The molecule has 2 aromatic carbocycles. The van der Waals surface area contributed by atoms with Crippen molar-refractivity contribution < 1.29 is 24.5 Å². The fraction of sp³-hybridized carbons (Fsp3) is 0.545. The van der Waals surface area contributed by atoms with Crippen molar-refractivity contribution >= 4 is 11.7 Å². The van der Waals surface area contributed by atoms with E-state index in [1.807, 2.05) is 24.3 Å². The van der Waals surface area contributed by atoms with Gasteiger partial charge in [0.25, 0.3) is 0 Å². The van der Waals surface area contributed by atoms with E-state index < -0.39 is 0 Å². The highest BCUT2D eigenvalue weighted by atomic mass is 16.5. The summed E-state index contributed by atoms with van der Waals surface area (Å²) in [6.45, 7) is 4.89. The predicted octanol–water partition coefficient (Wildman–Crippen LogP) is 7.80. The van der Waals surface area contributed by atoms with E-state index >= 15 is 0 Å². The number of rotatable bonds is 12. The van der Waals surface area contributed by atoms with Crippen molar-refractivity contribution in [1.29, 1.82) is 0 Å². The van der Waals surface area contributed by atoms with Crippen LogP contribution in [0.25, 0.3) is 0 Å². The second kappa shape index (κ2) is 17.1. The van der Waals surface area contributed by atoms with Crippen LogP contribution in [0.15, 0.2) is 59.1 Å². The van der Waals surface area contributed by atoms with E-state index in [-0.39, 0.29) is 65.0 Å². The number of fused-ring (bicyclic) bond motifs is 6. The van der Waals surface area contributed by atoms with Gasteiger partial charge < -0.3 is 31.2 Å². The van der Waals surface area contributed by atoms with Gasteiger partial charge in [-0.05, 0) is 117 Å². The second-order valence-corrected chi connectivity index (χ2v) is 15.6. The standard InChI is InChI=1S/C44H57N3O5/c1-4-5-6-13-32(48)19-18-29-25-40(52-34-15-7-8-16-34)43(50)42-35(29)17-10-12-31(47-44(45)46)22-30-24-37-36(28-11-9-14-33(49)23-28)20-27(2)21-38(37)41(42)39(30)26-51-3/h6,9,11,13-14,23-25,27,30-31,34,36,38-39,41,49-50H,4-5,7-8,12,15-16,18-22,26H2,1-3H3,(H4,45,46,47). The fourth-order valence-corrected chi connectivity index (χ4v) is 9.49. The quantitative estimate of drug-likeness (QED) is 0.0580. The van der Waals surface area contributed by atoms with Crippen LogP contribution < -0.4 is 16.2 Å². The van der Waals surface area contributed by atoms with Crippen molar-refractivity contribution in [3.63, 3.8) is 0 Å². The summed E-state index contributed by atoms with van der Waals surface area (Å²) in [5.74, 6) is 8.39. The largest absolute Gasteiger partial charge is 0.508 e. The van der Waals surface area contributed by atoms with E-state index in [9.17, 15) is 15.0 Å². The van der Waals surface area contributed by atoms with Crippen LogP contribution in [0.5, 0.6) is 17.2 Å². The summed E-state index contributed by atoms with van der Waals surface area (Å²) in [5, 5.41) is 23.1. The van der Waals surface area contributed by atoms with E-state index in [1.165, 1.54) is 5.57 Å². The molecule has 2 fully saturated rings. The molecule has 7 atom stereocenters. The Morgan fingerprint density at radius 2 is 1.92 bits per heavy atom. The lowest BCUT2D eigenvalue weighted by Gasteiger charge is -2.49. The number of hydrogen-bond acceptors (Lipinski definition) is 6. The van der Waals surface area contributed by atoms with Crippen molar-refractivity contribution in [1.82, 2.24) is 0 Å². The van der Waals surface area contributed by atoms with Crippen LogP contribution >= 0.6 is 0 Å². The molecule has 0 saturated heterocycles. The highest BCUT2D eigenvalue weighted by Crippen LogP contribution is 2.59. The van der Waals surface area contributed by atoms with Gasteiger partial charge in [-0.2, -0.15) is 0 Å². The number of phenols is 2. The first kappa shape index (κ1) is 37.5. The molecule has 0 radical (unpaired) electrons. The second-order valence-electron chi connectivity index (χ2n) is 15.6. The number of unbranched alkanes of at least 4 members (excludes halogenated alkanes) is 1. The normalized spacial score (nSPS) is 27.1. The summed E-state index contributed by atoms with van der Waals surface area (Å²) >= 11 is 0. The molecule has 0 spiro atoms.